The zero-order chi connectivity index (χ0) is 20.7. The van der Waals surface area contributed by atoms with Gasteiger partial charge in [0.25, 0.3) is 0 Å². The Morgan fingerprint density at radius 3 is 2.31 bits per heavy atom. The minimum Gasteiger partial charge on any atom is -0.490 e. The summed E-state index contributed by atoms with van der Waals surface area (Å²) in [5.41, 5.74) is 1.41. The van der Waals surface area contributed by atoms with Gasteiger partial charge in [-0.1, -0.05) is 25.0 Å². The Morgan fingerprint density at radius 2 is 1.66 bits per heavy atom. The Balaban J connectivity index is 1.53. The monoisotopic (exact) mass is 417 g/mol. The number of benzene rings is 2. The molecule has 1 saturated heterocycles. The lowest BCUT2D eigenvalue weighted by Gasteiger charge is -2.20. The van der Waals surface area contributed by atoms with Gasteiger partial charge in [-0.25, -0.2) is 13.2 Å². The molecule has 1 heterocycles. The van der Waals surface area contributed by atoms with Crippen molar-refractivity contribution < 1.29 is 22.7 Å². The molecule has 2 aromatic carbocycles. The van der Waals surface area contributed by atoms with Crippen molar-refractivity contribution in [2.24, 2.45) is 0 Å². The number of rotatable bonds is 7. The van der Waals surface area contributed by atoms with Gasteiger partial charge in [-0.2, -0.15) is 4.31 Å². The molecular weight excluding hydrogens is 390 g/mol. The molecule has 0 unspecified atom stereocenters. The van der Waals surface area contributed by atoms with Crippen LogP contribution in [0.4, 0.5) is 0 Å². The standard InChI is InChI=1S/C22H27NO5S/c1-18-7-6-8-20(17-18)27-15-16-28-22(24)19-9-11-21(12-10-19)29(25,26)23-13-4-2-3-5-14-23/h6-12,17H,2-5,13-16H2,1H3. The average molecular weight is 418 g/mol. The number of aryl methyl sites for hydroxylation is 1. The maximum atomic E-state index is 12.8. The molecule has 1 aliphatic rings. The van der Waals surface area contributed by atoms with Crippen molar-refractivity contribution in [3.63, 3.8) is 0 Å². The smallest absolute Gasteiger partial charge is 0.338 e. The lowest BCUT2D eigenvalue weighted by Crippen LogP contribution is -2.31. The van der Waals surface area contributed by atoms with E-state index in [0.717, 1.165) is 37.0 Å². The predicted molar refractivity (Wildman–Crippen MR) is 111 cm³/mol. The van der Waals surface area contributed by atoms with Gasteiger partial charge in [0.15, 0.2) is 0 Å². The van der Waals surface area contributed by atoms with Gasteiger partial charge < -0.3 is 9.47 Å². The topological polar surface area (TPSA) is 72.9 Å². The quantitative estimate of drug-likeness (QED) is 0.506. The molecule has 7 heteroatoms. The Bertz CT molecular complexity index is 916. The summed E-state index contributed by atoms with van der Waals surface area (Å²) in [5.74, 6) is 0.223. The number of hydrogen-bond donors (Lipinski definition) is 0. The minimum absolute atomic E-state index is 0.112. The van der Waals surface area contributed by atoms with Gasteiger partial charge in [0, 0.05) is 13.1 Å². The first kappa shape index (κ1) is 21.3. The van der Waals surface area contributed by atoms with E-state index >= 15 is 0 Å². The fourth-order valence-corrected chi connectivity index (χ4v) is 4.79. The van der Waals surface area contributed by atoms with Crippen LogP contribution in [0, 0.1) is 6.92 Å². The molecule has 2 aromatic rings. The second kappa shape index (κ2) is 9.89. The summed E-state index contributed by atoms with van der Waals surface area (Å²) in [4.78, 5) is 12.4. The van der Waals surface area contributed by atoms with Crippen molar-refractivity contribution in [2.75, 3.05) is 26.3 Å². The molecule has 1 aliphatic heterocycles. The predicted octanol–water partition coefficient (Wildman–Crippen LogP) is 3.80. The van der Waals surface area contributed by atoms with Crippen LogP contribution in [0.2, 0.25) is 0 Å². The van der Waals surface area contributed by atoms with E-state index < -0.39 is 16.0 Å². The van der Waals surface area contributed by atoms with Gasteiger partial charge in [0.2, 0.25) is 10.0 Å². The van der Waals surface area contributed by atoms with E-state index in [9.17, 15) is 13.2 Å². The van der Waals surface area contributed by atoms with Gasteiger partial charge in [0.05, 0.1) is 10.5 Å². The van der Waals surface area contributed by atoms with Gasteiger partial charge in [-0.05, 0) is 61.7 Å². The first-order chi connectivity index (χ1) is 14.0. The Hall–Kier alpha value is -2.38. The molecule has 3 rings (SSSR count). The fourth-order valence-electron chi connectivity index (χ4n) is 3.28. The average Bonchev–Trinajstić information content (AvgIpc) is 3.01. The molecule has 0 aliphatic carbocycles. The maximum absolute atomic E-state index is 12.8. The molecule has 0 atom stereocenters. The summed E-state index contributed by atoms with van der Waals surface area (Å²) in [6.07, 6.45) is 3.89. The summed E-state index contributed by atoms with van der Waals surface area (Å²) in [7, 11) is -3.52. The van der Waals surface area contributed by atoms with Crippen LogP contribution in [-0.4, -0.2) is 45.0 Å². The van der Waals surface area contributed by atoms with Crippen molar-refractivity contribution in [3.05, 3.63) is 59.7 Å². The molecule has 0 aromatic heterocycles. The molecule has 0 amide bonds. The van der Waals surface area contributed by atoms with Gasteiger partial charge in [-0.15, -0.1) is 0 Å². The van der Waals surface area contributed by atoms with Crippen LogP contribution in [0.15, 0.2) is 53.4 Å². The summed E-state index contributed by atoms with van der Waals surface area (Å²) in [6, 6.07) is 13.6. The zero-order valence-corrected chi connectivity index (χ0v) is 17.5. The third-order valence-corrected chi connectivity index (χ3v) is 6.78. The molecule has 0 spiro atoms. The molecule has 0 N–H and O–H groups in total. The zero-order valence-electron chi connectivity index (χ0n) is 16.7. The minimum atomic E-state index is -3.52. The number of hydrogen-bond acceptors (Lipinski definition) is 5. The highest BCUT2D eigenvalue weighted by Gasteiger charge is 2.25. The molecule has 156 valence electrons. The van der Waals surface area contributed by atoms with Crippen molar-refractivity contribution in [1.82, 2.24) is 4.31 Å². The lowest BCUT2D eigenvalue weighted by molar-refractivity contribution is 0.0450. The van der Waals surface area contributed by atoms with Crippen molar-refractivity contribution in [3.8, 4) is 5.75 Å². The number of esters is 1. The van der Waals surface area contributed by atoms with Crippen LogP contribution in [0.1, 0.15) is 41.6 Å². The highest BCUT2D eigenvalue weighted by molar-refractivity contribution is 7.89. The van der Waals surface area contributed by atoms with Crippen LogP contribution in [0.3, 0.4) is 0 Å². The molecular formula is C22H27NO5S. The second-order valence-corrected chi connectivity index (χ2v) is 9.08. The molecule has 0 bridgehead atoms. The van der Waals surface area contributed by atoms with E-state index in [-0.39, 0.29) is 18.1 Å². The molecule has 6 nitrogen and oxygen atoms in total. The van der Waals surface area contributed by atoms with Crippen LogP contribution in [-0.2, 0) is 14.8 Å². The summed E-state index contributed by atoms with van der Waals surface area (Å²) in [6.45, 7) is 3.43. The molecule has 1 fully saturated rings. The summed E-state index contributed by atoms with van der Waals surface area (Å²) < 4.78 is 37.9. The highest BCUT2D eigenvalue weighted by atomic mass is 32.2. The second-order valence-electron chi connectivity index (χ2n) is 7.14. The largest absolute Gasteiger partial charge is 0.490 e. The van der Waals surface area contributed by atoms with Crippen molar-refractivity contribution in [1.29, 1.82) is 0 Å². The Labute approximate surface area is 172 Å². The summed E-state index contributed by atoms with van der Waals surface area (Å²) >= 11 is 0. The van der Waals surface area contributed by atoms with Crippen LogP contribution >= 0.6 is 0 Å². The van der Waals surface area contributed by atoms with Gasteiger partial charge >= 0.3 is 5.97 Å². The van der Waals surface area contributed by atoms with E-state index in [2.05, 4.69) is 0 Å². The SMILES string of the molecule is Cc1cccc(OCCOC(=O)c2ccc(S(=O)(=O)N3CCCCCC3)cc2)c1. The van der Waals surface area contributed by atoms with Crippen LogP contribution in [0.25, 0.3) is 0 Å². The number of carbonyl (C=O) groups excluding carboxylic acids is 1. The van der Waals surface area contributed by atoms with Crippen LogP contribution < -0.4 is 4.74 Å². The Morgan fingerprint density at radius 1 is 0.966 bits per heavy atom. The third-order valence-electron chi connectivity index (χ3n) is 4.87. The first-order valence-corrected chi connectivity index (χ1v) is 11.4. The van der Waals surface area contributed by atoms with E-state index in [0.29, 0.717) is 18.7 Å². The number of carbonyl (C=O) groups is 1. The van der Waals surface area contributed by atoms with E-state index in [1.807, 2.05) is 31.2 Å². The van der Waals surface area contributed by atoms with E-state index in [1.165, 1.54) is 28.6 Å². The van der Waals surface area contributed by atoms with Gasteiger partial charge in [-0.3, -0.25) is 0 Å². The molecule has 29 heavy (non-hydrogen) atoms. The first-order valence-electron chi connectivity index (χ1n) is 9.93. The third kappa shape index (κ3) is 5.81. The van der Waals surface area contributed by atoms with E-state index in [4.69, 9.17) is 9.47 Å². The highest BCUT2D eigenvalue weighted by Crippen LogP contribution is 2.21. The molecule has 0 radical (unpaired) electrons. The van der Waals surface area contributed by atoms with Crippen molar-refractivity contribution in [2.45, 2.75) is 37.5 Å². The number of ether oxygens (including phenoxy) is 2. The molecule has 0 saturated carbocycles. The number of nitrogens with zero attached hydrogens (tertiary/aromatic N) is 1. The normalized spacial score (nSPS) is 15.5. The van der Waals surface area contributed by atoms with Gasteiger partial charge in [0.1, 0.15) is 19.0 Å². The maximum Gasteiger partial charge on any atom is 0.338 e. The number of sulfonamides is 1. The van der Waals surface area contributed by atoms with Crippen molar-refractivity contribution >= 4 is 16.0 Å². The lowest BCUT2D eigenvalue weighted by atomic mass is 10.2. The van der Waals surface area contributed by atoms with E-state index in [1.54, 1.807) is 0 Å². The Kier molecular flexibility index (Phi) is 7.28. The fraction of sp³-hybridized carbons (Fsp3) is 0.409. The summed E-state index contributed by atoms with van der Waals surface area (Å²) in [5, 5.41) is 0. The van der Waals surface area contributed by atoms with Crippen LogP contribution in [0.5, 0.6) is 5.75 Å².